The molecule has 1 aromatic heterocycles. The molecule has 78 valence electrons. The third kappa shape index (κ3) is 1.61. The first-order chi connectivity index (χ1) is 7.08. The fraction of sp³-hybridized carbons (Fsp3) is 0.111. The molecule has 0 saturated heterocycles. The van der Waals surface area contributed by atoms with Crippen molar-refractivity contribution in [2.75, 3.05) is 5.73 Å². The van der Waals surface area contributed by atoms with E-state index in [9.17, 15) is 9.18 Å². The molecule has 2 rings (SSSR count). The van der Waals surface area contributed by atoms with Crippen LogP contribution >= 0.6 is 0 Å². The number of H-pyrrole nitrogens is 1. The van der Waals surface area contributed by atoms with Crippen LogP contribution in [0.25, 0.3) is 5.69 Å². The topological polar surface area (TPSA) is 76.7 Å². The first-order valence-electron chi connectivity index (χ1n) is 4.29. The van der Waals surface area contributed by atoms with E-state index in [1.807, 2.05) is 0 Å². The van der Waals surface area contributed by atoms with Crippen molar-refractivity contribution >= 4 is 5.69 Å². The van der Waals surface area contributed by atoms with Crippen molar-refractivity contribution in [2.24, 2.45) is 0 Å². The van der Waals surface area contributed by atoms with E-state index in [2.05, 4.69) is 10.1 Å². The lowest BCUT2D eigenvalue weighted by Crippen LogP contribution is -2.17. The zero-order valence-corrected chi connectivity index (χ0v) is 7.99. The van der Waals surface area contributed by atoms with Crippen LogP contribution in [0, 0.1) is 12.7 Å². The third-order valence-electron chi connectivity index (χ3n) is 1.93. The van der Waals surface area contributed by atoms with E-state index in [0.29, 0.717) is 11.5 Å². The lowest BCUT2D eigenvalue weighted by Gasteiger charge is -2.02. The van der Waals surface area contributed by atoms with Crippen LogP contribution in [0.3, 0.4) is 0 Å². The van der Waals surface area contributed by atoms with E-state index >= 15 is 0 Å². The number of rotatable bonds is 1. The number of hydrogen-bond acceptors (Lipinski definition) is 3. The highest BCUT2D eigenvalue weighted by Crippen LogP contribution is 2.14. The Labute approximate surface area is 84.3 Å². The van der Waals surface area contributed by atoms with Crippen LogP contribution in [0.2, 0.25) is 0 Å². The molecule has 15 heavy (non-hydrogen) atoms. The number of aryl methyl sites for hydroxylation is 1. The lowest BCUT2D eigenvalue weighted by molar-refractivity contribution is 0.607. The van der Waals surface area contributed by atoms with Gasteiger partial charge in [0.15, 0.2) is 0 Å². The summed E-state index contributed by atoms with van der Waals surface area (Å²) in [5.74, 6) is -0.125. The maximum atomic E-state index is 13.4. The van der Waals surface area contributed by atoms with E-state index in [4.69, 9.17) is 5.73 Å². The van der Waals surface area contributed by atoms with Gasteiger partial charge in [-0.25, -0.2) is 9.18 Å². The summed E-state index contributed by atoms with van der Waals surface area (Å²) in [6.07, 6.45) is 0. The summed E-state index contributed by atoms with van der Waals surface area (Å²) in [6, 6.07) is 3.97. The highest BCUT2D eigenvalue weighted by atomic mass is 19.1. The van der Waals surface area contributed by atoms with Crippen LogP contribution in [-0.2, 0) is 0 Å². The monoisotopic (exact) mass is 208 g/mol. The summed E-state index contributed by atoms with van der Waals surface area (Å²) in [5.41, 5.74) is 5.43. The van der Waals surface area contributed by atoms with Gasteiger partial charge in [0.05, 0.1) is 0 Å². The Morgan fingerprint density at radius 3 is 2.87 bits per heavy atom. The first kappa shape index (κ1) is 9.45. The number of halogens is 1. The molecule has 2 aromatic rings. The molecule has 0 aliphatic heterocycles. The Morgan fingerprint density at radius 1 is 1.53 bits per heavy atom. The maximum absolute atomic E-state index is 13.4. The van der Waals surface area contributed by atoms with E-state index < -0.39 is 11.5 Å². The van der Waals surface area contributed by atoms with Gasteiger partial charge in [0, 0.05) is 5.69 Å². The minimum absolute atomic E-state index is 0.0457. The predicted molar refractivity (Wildman–Crippen MR) is 53.3 cm³/mol. The normalized spacial score (nSPS) is 10.5. The third-order valence-corrected chi connectivity index (χ3v) is 1.93. The molecule has 0 atom stereocenters. The Bertz CT molecular complexity index is 557. The Hall–Kier alpha value is -2.11. The zero-order valence-electron chi connectivity index (χ0n) is 7.99. The van der Waals surface area contributed by atoms with Gasteiger partial charge in [-0.2, -0.15) is 9.78 Å². The quantitative estimate of drug-likeness (QED) is 0.673. The molecule has 0 radical (unpaired) electrons. The molecule has 5 nitrogen and oxygen atoms in total. The number of nitrogens with two attached hydrogens (primary N) is 1. The molecule has 0 aliphatic carbocycles. The molecule has 0 fully saturated rings. The minimum Gasteiger partial charge on any atom is -0.399 e. The van der Waals surface area contributed by atoms with Crippen molar-refractivity contribution in [3.05, 3.63) is 40.3 Å². The van der Waals surface area contributed by atoms with Crippen LogP contribution in [0.4, 0.5) is 10.1 Å². The largest absolute Gasteiger partial charge is 0.399 e. The molecular formula is C9H9FN4O. The molecule has 1 heterocycles. The Morgan fingerprint density at radius 2 is 2.27 bits per heavy atom. The van der Waals surface area contributed by atoms with Gasteiger partial charge in [0.25, 0.3) is 0 Å². The average molecular weight is 208 g/mol. The van der Waals surface area contributed by atoms with Crippen LogP contribution in [0.15, 0.2) is 23.0 Å². The standard InChI is InChI=1S/C9H9FN4O/c1-5-12-9(15)14(13-5)8-4-6(11)2-3-7(8)10/h2-4H,11H2,1H3,(H,12,13,15). The number of hydrogen-bond donors (Lipinski definition) is 2. The van der Waals surface area contributed by atoms with Gasteiger partial charge in [-0.1, -0.05) is 0 Å². The van der Waals surface area contributed by atoms with E-state index in [1.54, 1.807) is 6.92 Å². The van der Waals surface area contributed by atoms with E-state index in [1.165, 1.54) is 18.2 Å². The van der Waals surface area contributed by atoms with Crippen molar-refractivity contribution in [3.63, 3.8) is 0 Å². The molecule has 0 saturated carbocycles. The van der Waals surface area contributed by atoms with Gasteiger partial charge in [0.1, 0.15) is 17.3 Å². The highest BCUT2D eigenvalue weighted by Gasteiger charge is 2.09. The van der Waals surface area contributed by atoms with Gasteiger partial charge in [0.2, 0.25) is 0 Å². The second kappa shape index (κ2) is 3.23. The Balaban J connectivity index is 2.68. The molecule has 1 aromatic carbocycles. The zero-order chi connectivity index (χ0) is 11.0. The van der Waals surface area contributed by atoms with Crippen LogP contribution in [-0.4, -0.2) is 14.8 Å². The molecule has 0 amide bonds. The lowest BCUT2D eigenvalue weighted by atomic mass is 10.3. The fourth-order valence-electron chi connectivity index (χ4n) is 1.28. The summed E-state index contributed by atoms with van der Waals surface area (Å²) < 4.78 is 14.3. The highest BCUT2D eigenvalue weighted by molar-refractivity contribution is 5.47. The van der Waals surface area contributed by atoms with Crippen molar-refractivity contribution in [1.29, 1.82) is 0 Å². The number of anilines is 1. The molecule has 6 heteroatoms. The SMILES string of the molecule is Cc1nn(-c2cc(N)ccc2F)c(=O)[nH]1. The molecule has 0 bridgehead atoms. The van der Waals surface area contributed by atoms with Crippen LogP contribution in [0.5, 0.6) is 0 Å². The van der Waals surface area contributed by atoms with Gasteiger partial charge < -0.3 is 5.73 Å². The number of aromatic amines is 1. The number of nitrogens with one attached hydrogen (secondary N) is 1. The van der Waals surface area contributed by atoms with Gasteiger partial charge >= 0.3 is 5.69 Å². The molecular weight excluding hydrogens is 199 g/mol. The smallest absolute Gasteiger partial charge is 0.348 e. The number of nitrogens with zero attached hydrogens (tertiary/aromatic N) is 2. The summed E-state index contributed by atoms with van der Waals surface area (Å²) in [4.78, 5) is 13.8. The van der Waals surface area contributed by atoms with Crippen LogP contribution in [0.1, 0.15) is 5.82 Å². The van der Waals surface area contributed by atoms with Crippen molar-refractivity contribution in [1.82, 2.24) is 14.8 Å². The van der Waals surface area contributed by atoms with E-state index in [0.717, 1.165) is 4.68 Å². The summed E-state index contributed by atoms with van der Waals surface area (Å²) in [5, 5.41) is 3.84. The molecule has 3 N–H and O–H groups in total. The van der Waals surface area contributed by atoms with Gasteiger partial charge in [-0.3, -0.25) is 4.98 Å². The minimum atomic E-state index is -0.544. The summed E-state index contributed by atoms with van der Waals surface area (Å²) in [6.45, 7) is 1.61. The van der Waals surface area contributed by atoms with Gasteiger partial charge in [-0.05, 0) is 25.1 Å². The summed E-state index contributed by atoms with van der Waals surface area (Å²) >= 11 is 0. The van der Waals surface area contributed by atoms with Crippen LogP contribution < -0.4 is 11.4 Å². The van der Waals surface area contributed by atoms with Crippen molar-refractivity contribution in [2.45, 2.75) is 6.92 Å². The van der Waals surface area contributed by atoms with Gasteiger partial charge in [-0.15, -0.1) is 0 Å². The second-order valence-electron chi connectivity index (χ2n) is 3.14. The molecule has 0 unspecified atom stereocenters. The average Bonchev–Trinajstić information content (AvgIpc) is 2.50. The maximum Gasteiger partial charge on any atom is 0.348 e. The van der Waals surface area contributed by atoms with E-state index in [-0.39, 0.29) is 5.69 Å². The number of nitrogen functional groups attached to an aromatic ring is 1. The van der Waals surface area contributed by atoms with Crippen molar-refractivity contribution in [3.8, 4) is 5.69 Å². The first-order valence-corrected chi connectivity index (χ1v) is 4.29. The van der Waals surface area contributed by atoms with Crippen molar-refractivity contribution < 1.29 is 4.39 Å². The predicted octanol–water partition coefficient (Wildman–Crippen LogP) is 0.590. The molecule has 0 aliphatic rings. The molecule has 0 spiro atoms. The fourth-order valence-corrected chi connectivity index (χ4v) is 1.28. The number of benzene rings is 1. The second-order valence-corrected chi connectivity index (χ2v) is 3.14. The Kier molecular flexibility index (Phi) is 2.03. The summed E-state index contributed by atoms with van der Waals surface area (Å²) in [7, 11) is 0. The number of aromatic nitrogens is 3.